The molecule has 1 saturated heterocycles. The first kappa shape index (κ1) is 25.9. The number of nitro benzene ring substituents is 3. The van der Waals surface area contributed by atoms with Gasteiger partial charge in [-0.15, -0.1) is 11.3 Å². The molecule has 0 atom stereocenters. The molecule has 0 radical (unpaired) electrons. The Labute approximate surface area is 217 Å². The van der Waals surface area contributed by atoms with Gasteiger partial charge in [-0.05, 0) is 24.5 Å². The minimum atomic E-state index is -1.05. The van der Waals surface area contributed by atoms with Crippen LogP contribution in [0.3, 0.4) is 0 Å². The second kappa shape index (κ2) is 10.4. The lowest BCUT2D eigenvalue weighted by molar-refractivity contribution is -0.396. The quantitative estimate of drug-likeness (QED) is 0.319. The summed E-state index contributed by atoms with van der Waals surface area (Å²) in [5.74, 6) is -1.33. The first-order chi connectivity index (χ1) is 17.5. The molecule has 37 heavy (non-hydrogen) atoms. The van der Waals surface area contributed by atoms with Crippen LogP contribution in [0.15, 0.2) is 35.7 Å². The molecule has 1 aliphatic heterocycles. The van der Waals surface area contributed by atoms with Gasteiger partial charge in [-0.25, -0.2) is 4.98 Å². The van der Waals surface area contributed by atoms with Gasteiger partial charge in [-0.2, -0.15) is 0 Å². The lowest BCUT2D eigenvalue weighted by atomic mass is 9.97. The average molecular weight is 548 g/mol. The predicted molar refractivity (Wildman–Crippen MR) is 133 cm³/mol. The summed E-state index contributed by atoms with van der Waals surface area (Å²) in [5, 5.41) is 45.9. The Balaban J connectivity index is 1.42. The molecular formula is C22H18ClN5O8S. The Bertz CT molecular complexity index is 1380. The molecule has 15 heteroatoms. The molecule has 0 aliphatic carbocycles. The number of hydrogen-bond donors (Lipinski definition) is 1. The van der Waals surface area contributed by atoms with Crippen LogP contribution in [0, 0.1) is 30.3 Å². The van der Waals surface area contributed by atoms with Crippen LogP contribution >= 0.6 is 22.9 Å². The number of benzene rings is 2. The maximum absolute atomic E-state index is 12.8. The zero-order valence-electron chi connectivity index (χ0n) is 18.9. The van der Waals surface area contributed by atoms with E-state index in [1.54, 1.807) is 11.0 Å². The number of phenols is 1. The topological polar surface area (TPSA) is 183 Å². The number of piperidine rings is 1. The van der Waals surface area contributed by atoms with Crippen molar-refractivity contribution in [1.29, 1.82) is 0 Å². The van der Waals surface area contributed by atoms with Crippen molar-refractivity contribution in [3.63, 3.8) is 0 Å². The number of phenolic OH excluding ortho intramolecular Hbond substituents is 1. The number of aromatic nitrogens is 1. The number of nitrogens with zero attached hydrogens (tertiary/aromatic N) is 5. The zero-order chi connectivity index (χ0) is 26.9. The average Bonchev–Trinajstić information content (AvgIpc) is 3.35. The van der Waals surface area contributed by atoms with Crippen molar-refractivity contribution < 1.29 is 24.7 Å². The highest BCUT2D eigenvalue weighted by molar-refractivity contribution is 7.10. The summed E-state index contributed by atoms with van der Waals surface area (Å²) < 4.78 is 0. The van der Waals surface area contributed by atoms with E-state index in [1.807, 2.05) is 5.38 Å². The Morgan fingerprint density at radius 3 is 2.19 bits per heavy atom. The predicted octanol–water partition coefficient (Wildman–Crippen LogP) is 4.84. The van der Waals surface area contributed by atoms with Gasteiger partial charge in [0.1, 0.15) is 5.02 Å². The van der Waals surface area contributed by atoms with E-state index in [2.05, 4.69) is 4.98 Å². The largest absolute Gasteiger partial charge is 0.497 e. The summed E-state index contributed by atoms with van der Waals surface area (Å²) in [6, 6.07) is 6.42. The molecule has 1 N–H and O–H groups in total. The molecule has 4 rings (SSSR count). The van der Waals surface area contributed by atoms with Crippen LogP contribution in [0.5, 0.6) is 5.75 Å². The fourth-order valence-electron chi connectivity index (χ4n) is 4.12. The van der Waals surface area contributed by atoms with Gasteiger partial charge in [0.2, 0.25) is 5.91 Å². The van der Waals surface area contributed by atoms with Crippen LogP contribution in [-0.2, 0) is 11.2 Å². The van der Waals surface area contributed by atoms with E-state index in [9.17, 15) is 40.2 Å². The number of aromatic hydroxyl groups is 1. The highest BCUT2D eigenvalue weighted by Gasteiger charge is 2.29. The minimum Gasteiger partial charge on any atom is -0.497 e. The molecule has 13 nitrogen and oxygen atoms in total. The highest BCUT2D eigenvalue weighted by Crippen LogP contribution is 2.38. The summed E-state index contributed by atoms with van der Waals surface area (Å²) in [6.07, 6.45) is 0.925. The maximum Gasteiger partial charge on any atom is 0.318 e. The van der Waals surface area contributed by atoms with E-state index in [0.717, 1.165) is 17.1 Å². The van der Waals surface area contributed by atoms with Gasteiger partial charge in [0.25, 0.3) is 11.4 Å². The molecule has 0 bridgehead atoms. The molecular weight excluding hydrogens is 530 g/mol. The van der Waals surface area contributed by atoms with Crippen LogP contribution in [0.25, 0.3) is 11.3 Å². The van der Waals surface area contributed by atoms with Gasteiger partial charge in [0.05, 0.1) is 31.9 Å². The van der Waals surface area contributed by atoms with E-state index in [1.165, 1.54) is 23.5 Å². The number of amides is 1. The molecule has 1 amide bonds. The first-order valence-electron chi connectivity index (χ1n) is 10.9. The monoisotopic (exact) mass is 547 g/mol. The van der Waals surface area contributed by atoms with Crippen LogP contribution in [0.1, 0.15) is 29.3 Å². The van der Waals surface area contributed by atoms with Crippen molar-refractivity contribution in [2.45, 2.75) is 25.2 Å². The lowest BCUT2D eigenvalue weighted by Gasteiger charge is -2.31. The molecule has 0 saturated carbocycles. The normalized spacial score (nSPS) is 13.9. The zero-order valence-corrected chi connectivity index (χ0v) is 20.5. The third-order valence-electron chi connectivity index (χ3n) is 6.04. The molecule has 3 aromatic rings. The van der Waals surface area contributed by atoms with Crippen LogP contribution < -0.4 is 0 Å². The molecule has 2 aromatic carbocycles. The Kier molecular flexibility index (Phi) is 7.31. The Morgan fingerprint density at radius 1 is 1.03 bits per heavy atom. The molecule has 0 unspecified atom stereocenters. The van der Waals surface area contributed by atoms with Crippen molar-refractivity contribution in [2.24, 2.45) is 0 Å². The second-order valence-corrected chi connectivity index (χ2v) is 9.62. The summed E-state index contributed by atoms with van der Waals surface area (Å²) in [6.45, 7) is 0.792. The summed E-state index contributed by atoms with van der Waals surface area (Å²) in [5.41, 5.74) is -0.644. The van der Waals surface area contributed by atoms with Crippen LogP contribution in [-0.4, -0.2) is 48.8 Å². The molecule has 1 aromatic heterocycles. The van der Waals surface area contributed by atoms with Crippen molar-refractivity contribution in [3.05, 3.63) is 81.6 Å². The molecule has 192 valence electrons. The first-order valence-corrected chi connectivity index (χ1v) is 12.1. The fraction of sp³-hybridized carbons (Fsp3) is 0.273. The maximum atomic E-state index is 12.8. The van der Waals surface area contributed by atoms with Crippen molar-refractivity contribution in [1.82, 2.24) is 9.88 Å². The molecule has 1 aliphatic rings. The number of nitro groups is 3. The fourth-order valence-corrected chi connectivity index (χ4v) is 5.31. The van der Waals surface area contributed by atoms with Gasteiger partial charge < -0.3 is 10.0 Å². The number of thiazole rings is 1. The molecule has 0 spiro atoms. The third-order valence-corrected chi connectivity index (χ3v) is 7.36. The number of hydrogen-bond acceptors (Lipinski definition) is 10. The third kappa shape index (κ3) is 5.49. The van der Waals surface area contributed by atoms with Gasteiger partial charge in [0, 0.05) is 48.2 Å². The van der Waals surface area contributed by atoms with E-state index in [0.29, 0.717) is 37.2 Å². The molecule has 2 heterocycles. The second-order valence-electron chi connectivity index (χ2n) is 8.32. The highest BCUT2D eigenvalue weighted by atomic mass is 35.5. The molecule has 1 fully saturated rings. The summed E-state index contributed by atoms with van der Waals surface area (Å²) in [7, 11) is 0. The van der Waals surface area contributed by atoms with Gasteiger partial charge in [0.15, 0.2) is 0 Å². The van der Waals surface area contributed by atoms with Crippen molar-refractivity contribution in [3.8, 4) is 17.0 Å². The van der Waals surface area contributed by atoms with Gasteiger partial charge in [-0.3, -0.25) is 35.1 Å². The Morgan fingerprint density at radius 2 is 1.62 bits per heavy atom. The van der Waals surface area contributed by atoms with Crippen LogP contribution in [0.4, 0.5) is 17.1 Å². The van der Waals surface area contributed by atoms with E-state index < -0.39 is 31.9 Å². The number of likely N-dealkylation sites (tertiary alicyclic amines) is 1. The van der Waals surface area contributed by atoms with Crippen molar-refractivity contribution in [2.75, 3.05) is 13.1 Å². The van der Waals surface area contributed by atoms with Crippen molar-refractivity contribution >= 4 is 45.9 Å². The van der Waals surface area contributed by atoms with E-state index in [-0.39, 0.29) is 34.5 Å². The Hall–Kier alpha value is -4.17. The summed E-state index contributed by atoms with van der Waals surface area (Å²) >= 11 is 7.31. The van der Waals surface area contributed by atoms with E-state index >= 15 is 0 Å². The number of rotatable bonds is 7. The number of carbonyl (C=O) groups excluding carboxylic acids is 1. The standard InChI is InChI=1S/C22H18ClN5O8S/c23-15-2-1-14(10-17(15)26(31)32)16-11-37-22(24-16)13-3-5-25(6-4-13)20(29)9-12-7-18(27(33)34)21(30)19(8-12)28(35)36/h1-2,7-8,10-11,13,30H,3-6,9H2. The van der Waals surface area contributed by atoms with Crippen LogP contribution in [0.2, 0.25) is 5.02 Å². The SMILES string of the molecule is O=C(Cc1cc([N+](=O)[O-])c(O)c([N+](=O)[O-])c1)N1CCC(c2nc(-c3ccc(Cl)c([N+](=O)[O-])c3)cs2)CC1. The van der Waals surface area contributed by atoms with Gasteiger partial charge >= 0.3 is 11.4 Å². The number of halogens is 1. The number of carbonyl (C=O) groups is 1. The van der Waals surface area contributed by atoms with Gasteiger partial charge in [-0.1, -0.05) is 17.7 Å². The lowest BCUT2D eigenvalue weighted by Crippen LogP contribution is -2.38. The minimum absolute atomic E-state index is 0.0396. The smallest absolute Gasteiger partial charge is 0.318 e. The van der Waals surface area contributed by atoms with E-state index in [4.69, 9.17) is 11.6 Å². The summed E-state index contributed by atoms with van der Waals surface area (Å²) in [4.78, 5) is 50.0.